The van der Waals surface area contributed by atoms with E-state index in [2.05, 4.69) is 16.0 Å². The van der Waals surface area contributed by atoms with Gasteiger partial charge in [-0.05, 0) is 39.3 Å². The van der Waals surface area contributed by atoms with Crippen molar-refractivity contribution >= 4 is 17.6 Å². The molecule has 0 radical (unpaired) electrons. The number of hydrogen-bond acceptors (Lipinski definition) is 3. The van der Waals surface area contributed by atoms with Crippen LogP contribution in [-0.4, -0.2) is 24.5 Å². The molecule has 0 saturated carbocycles. The quantitative estimate of drug-likeness (QED) is 0.777. The minimum atomic E-state index is -0.482. The van der Waals surface area contributed by atoms with Gasteiger partial charge in [-0.1, -0.05) is 17.7 Å². The Morgan fingerprint density at radius 3 is 2.53 bits per heavy atom. The van der Waals surface area contributed by atoms with E-state index < -0.39 is 12.1 Å². The highest BCUT2D eigenvalue weighted by molar-refractivity contribution is 5.98. The van der Waals surface area contributed by atoms with Crippen molar-refractivity contribution in [3.05, 3.63) is 29.3 Å². The molecular formula is C14H21N3O2. The van der Waals surface area contributed by atoms with Crippen LogP contribution in [0.15, 0.2) is 18.2 Å². The van der Waals surface area contributed by atoms with Gasteiger partial charge in [0.05, 0.1) is 0 Å². The average Bonchev–Trinajstić information content (AvgIpc) is 2.32. The smallest absolute Gasteiger partial charge is 0.321 e. The van der Waals surface area contributed by atoms with Crippen LogP contribution >= 0.6 is 0 Å². The summed E-state index contributed by atoms with van der Waals surface area (Å²) in [4.78, 5) is 23.0. The Kier molecular flexibility index (Phi) is 5.36. The number of urea groups is 1. The summed E-state index contributed by atoms with van der Waals surface area (Å²) < 4.78 is 0. The molecular weight excluding hydrogens is 242 g/mol. The van der Waals surface area contributed by atoms with E-state index in [4.69, 9.17) is 0 Å². The lowest BCUT2D eigenvalue weighted by molar-refractivity contribution is -0.120. The molecule has 0 aliphatic heterocycles. The Bertz CT molecular complexity index is 472. The third kappa shape index (κ3) is 4.62. The van der Waals surface area contributed by atoms with E-state index in [0.717, 1.165) is 11.3 Å². The number of amides is 3. The average molecular weight is 263 g/mol. The monoisotopic (exact) mass is 263 g/mol. The van der Waals surface area contributed by atoms with Gasteiger partial charge in [0.1, 0.15) is 6.04 Å². The van der Waals surface area contributed by atoms with Crippen LogP contribution in [0.5, 0.6) is 0 Å². The Morgan fingerprint density at radius 1 is 1.26 bits per heavy atom. The number of benzene rings is 1. The summed E-state index contributed by atoms with van der Waals surface area (Å²) in [5, 5.41) is 7.89. The first kappa shape index (κ1) is 15.0. The summed E-state index contributed by atoms with van der Waals surface area (Å²) in [6.07, 6.45) is 0. The molecule has 1 aromatic rings. The summed E-state index contributed by atoms with van der Waals surface area (Å²) >= 11 is 0. The fourth-order valence-electron chi connectivity index (χ4n) is 1.70. The molecule has 1 aromatic carbocycles. The third-order valence-corrected chi connectivity index (χ3v) is 2.72. The predicted octanol–water partition coefficient (Wildman–Crippen LogP) is 1.95. The van der Waals surface area contributed by atoms with Crippen LogP contribution in [0.4, 0.5) is 10.5 Å². The van der Waals surface area contributed by atoms with E-state index in [1.807, 2.05) is 32.0 Å². The third-order valence-electron chi connectivity index (χ3n) is 2.72. The molecule has 5 heteroatoms. The van der Waals surface area contributed by atoms with Crippen molar-refractivity contribution in [2.75, 3.05) is 11.9 Å². The zero-order valence-electron chi connectivity index (χ0n) is 11.8. The van der Waals surface area contributed by atoms with Crippen molar-refractivity contribution in [1.82, 2.24) is 10.6 Å². The van der Waals surface area contributed by atoms with Crippen LogP contribution in [0, 0.1) is 13.8 Å². The Morgan fingerprint density at radius 2 is 1.95 bits per heavy atom. The number of anilines is 1. The van der Waals surface area contributed by atoms with Crippen LogP contribution in [0.1, 0.15) is 25.0 Å². The summed E-state index contributed by atoms with van der Waals surface area (Å²) in [5.74, 6) is -0.356. The maximum atomic E-state index is 11.8. The van der Waals surface area contributed by atoms with Gasteiger partial charge in [-0.15, -0.1) is 0 Å². The minimum absolute atomic E-state index is 0.356. The highest BCUT2D eigenvalue weighted by Gasteiger charge is 2.15. The molecule has 3 N–H and O–H groups in total. The number of carbonyl (C=O) groups is 2. The lowest BCUT2D eigenvalue weighted by Crippen LogP contribution is -2.45. The number of imide groups is 1. The van der Waals surface area contributed by atoms with Gasteiger partial charge >= 0.3 is 6.03 Å². The molecule has 0 aliphatic carbocycles. The number of nitrogens with one attached hydrogen (secondary N) is 3. The Labute approximate surface area is 113 Å². The molecule has 0 fully saturated rings. The van der Waals surface area contributed by atoms with E-state index in [9.17, 15) is 9.59 Å². The van der Waals surface area contributed by atoms with Gasteiger partial charge in [0.25, 0.3) is 0 Å². The molecule has 1 atom stereocenters. The first-order valence-electron chi connectivity index (χ1n) is 6.36. The van der Waals surface area contributed by atoms with Crippen molar-refractivity contribution in [1.29, 1.82) is 0 Å². The van der Waals surface area contributed by atoms with Crippen LogP contribution in [-0.2, 0) is 4.79 Å². The lowest BCUT2D eigenvalue weighted by atomic mass is 10.1. The van der Waals surface area contributed by atoms with Crippen molar-refractivity contribution in [2.45, 2.75) is 33.7 Å². The van der Waals surface area contributed by atoms with Crippen LogP contribution < -0.4 is 16.0 Å². The van der Waals surface area contributed by atoms with Gasteiger partial charge in [-0.3, -0.25) is 10.1 Å². The molecule has 0 bridgehead atoms. The van der Waals surface area contributed by atoms with E-state index in [-0.39, 0.29) is 5.91 Å². The Hall–Kier alpha value is -2.04. The fourth-order valence-corrected chi connectivity index (χ4v) is 1.70. The fraction of sp³-hybridized carbons (Fsp3) is 0.429. The maximum Gasteiger partial charge on any atom is 0.321 e. The second-order valence-corrected chi connectivity index (χ2v) is 4.53. The number of rotatable bonds is 4. The second-order valence-electron chi connectivity index (χ2n) is 4.53. The van der Waals surface area contributed by atoms with Crippen LogP contribution in [0.25, 0.3) is 0 Å². The van der Waals surface area contributed by atoms with Crippen LogP contribution in [0.2, 0.25) is 0 Å². The van der Waals surface area contributed by atoms with E-state index in [1.54, 1.807) is 13.8 Å². The standard InChI is InChI=1S/C14H21N3O2/c1-5-15-14(19)17-13(18)11(4)16-12-7-6-9(2)8-10(12)3/h6-8,11,16H,5H2,1-4H3,(H2,15,17,18,19)/t11-/m0/s1. The summed E-state index contributed by atoms with van der Waals surface area (Å²) in [6, 6.07) is 4.99. The van der Waals surface area contributed by atoms with Crippen molar-refractivity contribution < 1.29 is 9.59 Å². The molecule has 0 heterocycles. The molecule has 104 valence electrons. The molecule has 3 amide bonds. The zero-order chi connectivity index (χ0) is 14.4. The molecule has 5 nitrogen and oxygen atoms in total. The topological polar surface area (TPSA) is 70.2 Å². The first-order chi connectivity index (χ1) is 8.93. The molecule has 0 unspecified atom stereocenters. The van der Waals surface area contributed by atoms with Gasteiger partial charge in [0.15, 0.2) is 0 Å². The molecule has 19 heavy (non-hydrogen) atoms. The second kappa shape index (κ2) is 6.78. The number of aryl methyl sites for hydroxylation is 2. The Balaban J connectivity index is 2.61. The van der Waals surface area contributed by atoms with E-state index in [1.165, 1.54) is 5.56 Å². The van der Waals surface area contributed by atoms with Crippen molar-refractivity contribution in [2.24, 2.45) is 0 Å². The number of carbonyl (C=O) groups excluding carboxylic acids is 2. The summed E-state index contributed by atoms with van der Waals surface area (Å²) in [7, 11) is 0. The predicted molar refractivity (Wildman–Crippen MR) is 76.2 cm³/mol. The van der Waals surface area contributed by atoms with Crippen LogP contribution in [0.3, 0.4) is 0 Å². The normalized spacial score (nSPS) is 11.6. The van der Waals surface area contributed by atoms with Gasteiger partial charge in [-0.25, -0.2) is 4.79 Å². The first-order valence-corrected chi connectivity index (χ1v) is 6.36. The summed E-state index contributed by atoms with van der Waals surface area (Å²) in [6.45, 7) is 7.99. The highest BCUT2D eigenvalue weighted by atomic mass is 16.2. The van der Waals surface area contributed by atoms with E-state index >= 15 is 0 Å². The lowest BCUT2D eigenvalue weighted by Gasteiger charge is -2.16. The molecule has 0 saturated heterocycles. The van der Waals surface area contributed by atoms with Gasteiger partial charge in [0, 0.05) is 12.2 Å². The van der Waals surface area contributed by atoms with Gasteiger partial charge < -0.3 is 10.6 Å². The van der Waals surface area contributed by atoms with E-state index in [0.29, 0.717) is 6.54 Å². The number of hydrogen-bond donors (Lipinski definition) is 3. The van der Waals surface area contributed by atoms with Gasteiger partial charge in [0.2, 0.25) is 5.91 Å². The molecule has 0 aliphatic rings. The largest absolute Gasteiger partial charge is 0.374 e. The molecule has 0 spiro atoms. The maximum absolute atomic E-state index is 11.8. The molecule has 0 aromatic heterocycles. The summed E-state index contributed by atoms with van der Waals surface area (Å²) in [5.41, 5.74) is 3.13. The van der Waals surface area contributed by atoms with Gasteiger partial charge in [-0.2, -0.15) is 0 Å². The SMILES string of the molecule is CCNC(=O)NC(=O)[C@H](C)Nc1ccc(C)cc1C. The van der Waals surface area contributed by atoms with Crippen molar-refractivity contribution in [3.63, 3.8) is 0 Å². The minimum Gasteiger partial charge on any atom is -0.374 e. The van der Waals surface area contributed by atoms with Crippen molar-refractivity contribution in [3.8, 4) is 0 Å². The molecule has 1 rings (SSSR count). The zero-order valence-corrected chi connectivity index (χ0v) is 11.8. The highest BCUT2D eigenvalue weighted by Crippen LogP contribution is 2.16.